The van der Waals surface area contributed by atoms with Gasteiger partial charge in [0.15, 0.2) is 0 Å². The number of fused-ring (bicyclic) bond motifs is 3. The predicted molar refractivity (Wildman–Crippen MR) is 114 cm³/mol. The molecule has 5 aliphatic carbocycles. The van der Waals surface area contributed by atoms with Crippen molar-refractivity contribution in [3.05, 3.63) is 0 Å². The molecule has 6 atom stereocenters. The summed E-state index contributed by atoms with van der Waals surface area (Å²) in [6.45, 7) is 0. The van der Waals surface area contributed by atoms with Gasteiger partial charge in [-0.2, -0.15) is 0 Å². The van der Waals surface area contributed by atoms with Crippen molar-refractivity contribution >= 4 is 0 Å². The van der Waals surface area contributed by atoms with Gasteiger partial charge in [0.25, 0.3) is 0 Å². The van der Waals surface area contributed by atoms with Crippen molar-refractivity contribution in [1.29, 1.82) is 0 Å². The second kappa shape index (κ2) is 8.58. The molecule has 0 aliphatic heterocycles. The molecule has 5 fully saturated rings. The van der Waals surface area contributed by atoms with Gasteiger partial charge in [0.2, 0.25) is 0 Å². The van der Waals surface area contributed by atoms with Gasteiger partial charge >= 0.3 is 0 Å². The Morgan fingerprint density at radius 1 is 0.357 bits per heavy atom. The normalized spacial score (nSPS) is 52.5. The lowest BCUT2D eigenvalue weighted by Crippen LogP contribution is -2.54. The van der Waals surface area contributed by atoms with E-state index < -0.39 is 0 Å². The third-order valence-electron chi connectivity index (χ3n) is 10.3. The van der Waals surface area contributed by atoms with Gasteiger partial charge in [-0.3, -0.25) is 0 Å². The fourth-order valence-electron chi connectivity index (χ4n) is 9.27. The van der Waals surface area contributed by atoms with Crippen molar-refractivity contribution in [2.24, 2.45) is 47.3 Å². The third-order valence-corrected chi connectivity index (χ3v) is 10.3. The summed E-state index contributed by atoms with van der Waals surface area (Å²) in [5, 5.41) is 20.3. The topological polar surface area (TPSA) is 40.5 Å². The summed E-state index contributed by atoms with van der Waals surface area (Å²) in [6.07, 6.45) is 21.3. The smallest absolute Gasteiger partial charge is 0.0540 e. The summed E-state index contributed by atoms with van der Waals surface area (Å²) >= 11 is 0. The average Bonchev–Trinajstić information content (AvgIpc) is 2.74. The number of aliphatic hydroxyl groups is 2. The second-order valence-corrected chi connectivity index (χ2v) is 11.5. The summed E-state index contributed by atoms with van der Waals surface area (Å²) in [7, 11) is 0. The van der Waals surface area contributed by atoms with Crippen LogP contribution in [0.15, 0.2) is 0 Å². The lowest BCUT2D eigenvalue weighted by Gasteiger charge is -2.60. The molecule has 160 valence electrons. The number of hydrogen-bond donors (Lipinski definition) is 2. The molecule has 28 heavy (non-hydrogen) atoms. The van der Waals surface area contributed by atoms with Crippen molar-refractivity contribution < 1.29 is 10.2 Å². The van der Waals surface area contributed by atoms with E-state index >= 15 is 0 Å². The van der Waals surface area contributed by atoms with E-state index in [9.17, 15) is 10.2 Å². The minimum absolute atomic E-state index is 0.0206. The molecular formula is C26H44O2. The highest BCUT2D eigenvalue weighted by Crippen LogP contribution is 2.62. The van der Waals surface area contributed by atoms with Gasteiger partial charge in [-0.15, -0.1) is 0 Å². The van der Waals surface area contributed by atoms with Crippen molar-refractivity contribution in [2.75, 3.05) is 0 Å². The van der Waals surface area contributed by atoms with Gasteiger partial charge in [0.05, 0.1) is 12.2 Å². The molecule has 0 heterocycles. The number of aliphatic hydroxyl groups excluding tert-OH is 2. The molecule has 0 aromatic rings. The van der Waals surface area contributed by atoms with Crippen LogP contribution in [-0.2, 0) is 0 Å². The molecule has 0 radical (unpaired) electrons. The summed E-state index contributed by atoms with van der Waals surface area (Å²) in [5.74, 6) is 7.69. The van der Waals surface area contributed by atoms with Gasteiger partial charge in [0.1, 0.15) is 0 Å². The van der Waals surface area contributed by atoms with E-state index in [0.29, 0.717) is 0 Å². The van der Waals surface area contributed by atoms with Crippen LogP contribution in [0.3, 0.4) is 0 Å². The molecule has 0 saturated heterocycles. The maximum absolute atomic E-state index is 10.2. The van der Waals surface area contributed by atoms with Crippen LogP contribution in [0, 0.1) is 47.3 Å². The first-order valence-electron chi connectivity index (χ1n) is 13.1. The maximum atomic E-state index is 10.2. The second-order valence-electron chi connectivity index (χ2n) is 11.5. The Hall–Kier alpha value is -0.0800. The van der Waals surface area contributed by atoms with Crippen LogP contribution < -0.4 is 0 Å². The van der Waals surface area contributed by atoms with Crippen LogP contribution in [0.4, 0.5) is 0 Å². The zero-order valence-corrected chi connectivity index (χ0v) is 18.0. The fraction of sp³-hybridized carbons (Fsp3) is 1.00. The van der Waals surface area contributed by atoms with Crippen molar-refractivity contribution in [3.63, 3.8) is 0 Å². The quantitative estimate of drug-likeness (QED) is 0.614. The summed E-state index contributed by atoms with van der Waals surface area (Å²) in [4.78, 5) is 0. The van der Waals surface area contributed by atoms with Crippen molar-refractivity contribution in [3.8, 4) is 0 Å². The van der Waals surface area contributed by atoms with E-state index in [1.165, 1.54) is 77.0 Å². The molecule has 0 aromatic carbocycles. The molecule has 0 spiro atoms. The Morgan fingerprint density at radius 2 is 0.679 bits per heavy atom. The molecule has 2 nitrogen and oxygen atoms in total. The van der Waals surface area contributed by atoms with Crippen LogP contribution >= 0.6 is 0 Å². The molecule has 0 amide bonds. The Balaban J connectivity index is 1.47. The fourth-order valence-corrected chi connectivity index (χ4v) is 9.27. The molecule has 0 bridgehead atoms. The first kappa shape index (κ1) is 19.9. The molecule has 0 unspecified atom stereocenters. The zero-order valence-electron chi connectivity index (χ0n) is 18.0. The minimum atomic E-state index is -0.0206. The van der Waals surface area contributed by atoms with Crippen LogP contribution in [0.25, 0.3) is 0 Å². The number of hydrogen-bond acceptors (Lipinski definition) is 2. The van der Waals surface area contributed by atoms with Gasteiger partial charge in [0, 0.05) is 0 Å². The third kappa shape index (κ3) is 3.70. The van der Waals surface area contributed by atoms with Crippen molar-refractivity contribution in [1.82, 2.24) is 0 Å². The van der Waals surface area contributed by atoms with Crippen molar-refractivity contribution in [2.45, 2.75) is 115 Å². The summed E-state index contributed by atoms with van der Waals surface area (Å²) < 4.78 is 0. The van der Waals surface area contributed by atoms with Gasteiger partial charge < -0.3 is 10.2 Å². The number of rotatable bonds is 2. The SMILES string of the molecule is OC1CCC([C@@H]2[C@@H]3CCCC[C@@H]3[C@@H]3CCCC[C@@H]3[C@@H]2C2CCC(O)CC2)CC1. The highest BCUT2D eigenvalue weighted by Gasteiger charge is 2.54. The molecule has 5 rings (SSSR count). The monoisotopic (exact) mass is 388 g/mol. The predicted octanol–water partition coefficient (Wildman–Crippen LogP) is 5.95. The van der Waals surface area contributed by atoms with Gasteiger partial charge in [-0.25, -0.2) is 0 Å². The van der Waals surface area contributed by atoms with Gasteiger partial charge in [-0.1, -0.05) is 25.7 Å². The maximum Gasteiger partial charge on any atom is 0.0540 e. The molecule has 0 aromatic heterocycles. The van der Waals surface area contributed by atoms with E-state index in [2.05, 4.69) is 0 Å². The van der Waals surface area contributed by atoms with Crippen LogP contribution in [0.2, 0.25) is 0 Å². The highest BCUT2D eigenvalue weighted by atomic mass is 16.3. The van der Waals surface area contributed by atoms with Crippen LogP contribution in [0.5, 0.6) is 0 Å². The lowest BCUT2D eigenvalue weighted by atomic mass is 9.45. The highest BCUT2D eigenvalue weighted by molar-refractivity contribution is 5.03. The van der Waals surface area contributed by atoms with Crippen LogP contribution in [-0.4, -0.2) is 22.4 Å². The minimum Gasteiger partial charge on any atom is -0.393 e. The molecule has 2 heteroatoms. The molecule has 5 saturated carbocycles. The first-order valence-corrected chi connectivity index (χ1v) is 13.1. The Bertz CT molecular complexity index is 457. The Kier molecular flexibility index (Phi) is 6.08. The Labute approximate surface area is 172 Å². The van der Waals surface area contributed by atoms with E-state index in [0.717, 1.165) is 73.0 Å². The largest absolute Gasteiger partial charge is 0.393 e. The Morgan fingerprint density at radius 3 is 1.04 bits per heavy atom. The van der Waals surface area contributed by atoms with E-state index in [1.54, 1.807) is 0 Å². The molecular weight excluding hydrogens is 344 g/mol. The lowest BCUT2D eigenvalue weighted by molar-refractivity contribution is -0.119. The standard InChI is InChI=1S/C26H44O2/c27-19-13-9-17(10-14-19)25-23-7-3-1-5-21(23)22-6-2-4-8-24(22)26(25)18-11-15-20(28)16-12-18/h17-28H,1-16H2/t17?,18?,19?,20?,21-,22+,23-,24+,25-,26+. The van der Waals surface area contributed by atoms with E-state index in [-0.39, 0.29) is 12.2 Å². The molecule has 2 N–H and O–H groups in total. The van der Waals surface area contributed by atoms with Crippen LogP contribution in [0.1, 0.15) is 103 Å². The summed E-state index contributed by atoms with van der Waals surface area (Å²) in [6, 6.07) is 0. The molecule has 5 aliphatic rings. The average molecular weight is 389 g/mol. The van der Waals surface area contributed by atoms with Gasteiger partial charge in [-0.05, 0) is 124 Å². The van der Waals surface area contributed by atoms with E-state index in [4.69, 9.17) is 0 Å². The van der Waals surface area contributed by atoms with E-state index in [1.807, 2.05) is 0 Å². The first-order chi connectivity index (χ1) is 13.7. The summed E-state index contributed by atoms with van der Waals surface area (Å²) in [5.41, 5.74) is 0. The zero-order chi connectivity index (χ0) is 19.1.